The molecule has 1 amide bonds. The molecule has 0 unspecified atom stereocenters. The molecule has 0 saturated carbocycles. The molecule has 0 bridgehead atoms. The Bertz CT molecular complexity index is 678. The molecule has 6 nitrogen and oxygen atoms in total. The fourth-order valence-corrected chi connectivity index (χ4v) is 2.57. The number of hydrogen-bond acceptors (Lipinski definition) is 5. The Hall–Kier alpha value is -1.77. The highest BCUT2D eigenvalue weighted by molar-refractivity contribution is 7.89. The third kappa shape index (κ3) is 2.98. The van der Waals surface area contributed by atoms with Gasteiger partial charge in [0, 0.05) is 12.7 Å². The van der Waals surface area contributed by atoms with Crippen molar-refractivity contribution >= 4 is 33.0 Å². The lowest BCUT2D eigenvalue weighted by molar-refractivity contribution is 0.0996. The minimum atomic E-state index is -3.72. The SMILES string of the molecule is CN(C(=O)c1cncs1)c1ccc(S(N)(=O)=O)cc1. The molecule has 2 rings (SSSR count). The number of nitrogens with two attached hydrogens (primary N) is 1. The van der Waals surface area contributed by atoms with Crippen LogP contribution in [-0.2, 0) is 10.0 Å². The average molecular weight is 297 g/mol. The Morgan fingerprint density at radius 3 is 2.42 bits per heavy atom. The van der Waals surface area contributed by atoms with E-state index in [1.54, 1.807) is 12.6 Å². The summed E-state index contributed by atoms with van der Waals surface area (Å²) in [6.07, 6.45) is 1.49. The number of sulfonamides is 1. The Labute approximate surface area is 114 Å². The van der Waals surface area contributed by atoms with E-state index in [1.807, 2.05) is 0 Å². The number of benzene rings is 1. The number of carbonyl (C=O) groups is 1. The number of amides is 1. The van der Waals surface area contributed by atoms with Crippen LogP contribution in [0, 0.1) is 0 Å². The van der Waals surface area contributed by atoms with Gasteiger partial charge in [-0.05, 0) is 24.3 Å². The van der Waals surface area contributed by atoms with Crippen LogP contribution in [0.4, 0.5) is 5.69 Å². The number of primary sulfonamides is 1. The molecular weight excluding hydrogens is 286 g/mol. The zero-order chi connectivity index (χ0) is 14.0. The van der Waals surface area contributed by atoms with E-state index in [4.69, 9.17) is 5.14 Å². The molecule has 0 saturated heterocycles. The normalized spacial score (nSPS) is 11.3. The molecule has 100 valence electrons. The van der Waals surface area contributed by atoms with Crippen molar-refractivity contribution < 1.29 is 13.2 Å². The van der Waals surface area contributed by atoms with Gasteiger partial charge < -0.3 is 4.90 Å². The van der Waals surface area contributed by atoms with E-state index in [1.165, 1.54) is 46.7 Å². The van der Waals surface area contributed by atoms with E-state index in [2.05, 4.69) is 4.98 Å². The van der Waals surface area contributed by atoms with E-state index in [9.17, 15) is 13.2 Å². The van der Waals surface area contributed by atoms with Crippen LogP contribution in [-0.4, -0.2) is 26.4 Å². The smallest absolute Gasteiger partial charge is 0.269 e. The fourth-order valence-electron chi connectivity index (χ4n) is 1.46. The van der Waals surface area contributed by atoms with Crippen LogP contribution >= 0.6 is 11.3 Å². The topological polar surface area (TPSA) is 93.4 Å². The average Bonchev–Trinajstić information content (AvgIpc) is 2.90. The standard InChI is InChI=1S/C11H11N3O3S2/c1-14(11(15)10-6-13-7-18-10)8-2-4-9(5-3-8)19(12,16)17/h2-7H,1H3,(H2,12,16,17). The first-order valence-corrected chi connectivity index (χ1v) is 7.61. The maximum Gasteiger partial charge on any atom is 0.269 e. The highest BCUT2D eigenvalue weighted by Gasteiger charge is 2.15. The van der Waals surface area contributed by atoms with Gasteiger partial charge >= 0.3 is 0 Å². The molecule has 0 aliphatic carbocycles. The van der Waals surface area contributed by atoms with Crippen LogP contribution in [0.25, 0.3) is 0 Å². The van der Waals surface area contributed by atoms with Crippen LogP contribution in [0.2, 0.25) is 0 Å². The molecule has 0 aliphatic heterocycles. The first-order valence-electron chi connectivity index (χ1n) is 5.19. The molecular formula is C11H11N3O3S2. The molecule has 0 radical (unpaired) electrons. The largest absolute Gasteiger partial charge is 0.311 e. The third-order valence-electron chi connectivity index (χ3n) is 2.50. The number of rotatable bonds is 3. The number of carbonyl (C=O) groups excluding carboxylic acids is 1. The molecule has 1 aromatic heterocycles. The van der Waals surface area contributed by atoms with Crippen LogP contribution in [0.5, 0.6) is 0 Å². The zero-order valence-corrected chi connectivity index (χ0v) is 11.6. The number of aromatic nitrogens is 1. The molecule has 8 heteroatoms. The lowest BCUT2D eigenvalue weighted by atomic mass is 10.3. The van der Waals surface area contributed by atoms with Crippen molar-refractivity contribution in [3.05, 3.63) is 40.8 Å². The summed E-state index contributed by atoms with van der Waals surface area (Å²) in [5.74, 6) is -0.203. The summed E-state index contributed by atoms with van der Waals surface area (Å²) in [6, 6.07) is 5.78. The Morgan fingerprint density at radius 2 is 1.95 bits per heavy atom. The Morgan fingerprint density at radius 1 is 1.32 bits per heavy atom. The van der Waals surface area contributed by atoms with Crippen LogP contribution in [0.15, 0.2) is 40.9 Å². The lowest BCUT2D eigenvalue weighted by Crippen LogP contribution is -2.25. The maximum absolute atomic E-state index is 12.0. The van der Waals surface area contributed by atoms with Gasteiger partial charge in [-0.25, -0.2) is 13.6 Å². The van der Waals surface area contributed by atoms with E-state index < -0.39 is 10.0 Å². The monoisotopic (exact) mass is 297 g/mol. The van der Waals surface area contributed by atoms with E-state index >= 15 is 0 Å². The van der Waals surface area contributed by atoms with Gasteiger partial charge in [0.2, 0.25) is 10.0 Å². The predicted molar refractivity (Wildman–Crippen MR) is 72.7 cm³/mol. The minimum absolute atomic E-state index is 0.00916. The third-order valence-corrected chi connectivity index (χ3v) is 4.19. The highest BCUT2D eigenvalue weighted by atomic mass is 32.2. The number of nitrogens with zero attached hydrogens (tertiary/aromatic N) is 2. The quantitative estimate of drug-likeness (QED) is 0.917. The van der Waals surface area contributed by atoms with Gasteiger partial charge in [-0.2, -0.15) is 0 Å². The molecule has 0 aliphatic rings. The lowest BCUT2D eigenvalue weighted by Gasteiger charge is -2.16. The van der Waals surface area contributed by atoms with Gasteiger partial charge in [-0.15, -0.1) is 11.3 Å². The van der Waals surface area contributed by atoms with Gasteiger partial charge in [-0.1, -0.05) is 0 Å². The Kier molecular flexibility index (Phi) is 3.65. The summed E-state index contributed by atoms with van der Waals surface area (Å²) >= 11 is 1.24. The van der Waals surface area contributed by atoms with E-state index in [0.29, 0.717) is 10.6 Å². The van der Waals surface area contributed by atoms with Gasteiger partial charge in [0.25, 0.3) is 5.91 Å². The first kappa shape index (κ1) is 13.7. The van der Waals surface area contributed by atoms with Crippen molar-refractivity contribution in [1.29, 1.82) is 0 Å². The van der Waals surface area contributed by atoms with Crippen molar-refractivity contribution in [2.45, 2.75) is 4.90 Å². The van der Waals surface area contributed by atoms with Gasteiger partial charge in [-0.3, -0.25) is 9.78 Å². The first-order chi connectivity index (χ1) is 8.89. The van der Waals surface area contributed by atoms with Crippen LogP contribution in [0.1, 0.15) is 9.67 Å². The molecule has 2 N–H and O–H groups in total. The summed E-state index contributed by atoms with van der Waals surface area (Å²) < 4.78 is 22.3. The molecule has 0 spiro atoms. The summed E-state index contributed by atoms with van der Waals surface area (Å²) in [7, 11) is -2.11. The molecule has 0 fully saturated rings. The maximum atomic E-state index is 12.0. The van der Waals surface area contributed by atoms with Crippen LogP contribution in [0.3, 0.4) is 0 Å². The minimum Gasteiger partial charge on any atom is -0.311 e. The van der Waals surface area contributed by atoms with E-state index in [0.717, 1.165) is 0 Å². The van der Waals surface area contributed by atoms with Crippen molar-refractivity contribution in [2.75, 3.05) is 11.9 Å². The predicted octanol–water partition coefficient (Wildman–Crippen LogP) is 1.07. The summed E-state index contributed by atoms with van der Waals surface area (Å²) in [6.45, 7) is 0. The van der Waals surface area contributed by atoms with Crippen molar-refractivity contribution in [2.24, 2.45) is 5.14 Å². The van der Waals surface area contributed by atoms with Crippen molar-refractivity contribution in [3.63, 3.8) is 0 Å². The second kappa shape index (κ2) is 5.08. The number of anilines is 1. The molecule has 19 heavy (non-hydrogen) atoms. The number of hydrogen-bond donors (Lipinski definition) is 1. The van der Waals surface area contributed by atoms with E-state index in [-0.39, 0.29) is 10.8 Å². The van der Waals surface area contributed by atoms with Crippen LogP contribution < -0.4 is 10.0 Å². The molecule has 2 aromatic rings. The summed E-state index contributed by atoms with van der Waals surface area (Å²) in [5.41, 5.74) is 2.15. The molecule has 1 heterocycles. The molecule has 0 atom stereocenters. The number of thiazole rings is 1. The van der Waals surface area contributed by atoms with Crippen molar-refractivity contribution in [3.8, 4) is 0 Å². The second-order valence-corrected chi connectivity index (χ2v) is 6.22. The summed E-state index contributed by atoms with van der Waals surface area (Å²) in [5, 5.41) is 5.00. The van der Waals surface area contributed by atoms with Gasteiger partial charge in [0.05, 0.1) is 16.6 Å². The molecule has 1 aromatic carbocycles. The Balaban J connectivity index is 2.25. The van der Waals surface area contributed by atoms with Gasteiger partial charge in [0.1, 0.15) is 4.88 Å². The van der Waals surface area contributed by atoms with Crippen molar-refractivity contribution in [1.82, 2.24) is 4.98 Å². The fraction of sp³-hybridized carbons (Fsp3) is 0.0909. The van der Waals surface area contributed by atoms with Gasteiger partial charge in [0.15, 0.2) is 0 Å². The second-order valence-electron chi connectivity index (χ2n) is 3.77. The highest BCUT2D eigenvalue weighted by Crippen LogP contribution is 2.19. The summed E-state index contributed by atoms with van der Waals surface area (Å²) in [4.78, 5) is 17.8. The zero-order valence-electron chi connectivity index (χ0n) is 9.98.